The van der Waals surface area contributed by atoms with Crippen LogP contribution in [0.2, 0.25) is 0 Å². The van der Waals surface area contributed by atoms with Crippen LogP contribution in [0.1, 0.15) is 245 Å². The first-order valence-corrected chi connectivity index (χ1v) is 26.4. The fourth-order valence-corrected chi connectivity index (χ4v) is 8.12. The number of hydrogen-bond donors (Lipinski definition) is 4. The van der Waals surface area contributed by atoms with Gasteiger partial charge in [0.1, 0.15) is 31.0 Å². The van der Waals surface area contributed by atoms with Gasteiger partial charge in [0.25, 0.3) is 0 Å². The maximum Gasteiger partial charge on any atom is 0.306 e. The molecule has 1 rings (SSSR count). The van der Waals surface area contributed by atoms with Crippen molar-refractivity contribution < 1.29 is 49.0 Å². The molecule has 370 valence electrons. The monoisotopic (exact) mass is 895 g/mol. The lowest BCUT2D eigenvalue weighted by Gasteiger charge is -2.39. The van der Waals surface area contributed by atoms with E-state index >= 15 is 0 Å². The number of hydrogen-bond acceptors (Lipinski definition) is 10. The molecule has 0 radical (unpaired) electrons. The van der Waals surface area contributed by atoms with E-state index < -0.39 is 49.4 Å². The molecule has 1 fully saturated rings. The molecule has 10 nitrogen and oxygen atoms in total. The summed E-state index contributed by atoms with van der Waals surface area (Å²) in [5.74, 6) is -0.807. The average Bonchev–Trinajstić information content (AvgIpc) is 3.28. The highest BCUT2D eigenvalue weighted by molar-refractivity contribution is 5.70. The van der Waals surface area contributed by atoms with Crippen LogP contribution in [-0.2, 0) is 28.5 Å². The predicted octanol–water partition coefficient (Wildman–Crippen LogP) is 12.5. The number of aliphatic hydroxyl groups excluding tert-OH is 4. The molecule has 1 heterocycles. The molecule has 0 amide bonds. The van der Waals surface area contributed by atoms with E-state index in [0.29, 0.717) is 6.42 Å². The van der Waals surface area contributed by atoms with Gasteiger partial charge in [-0.1, -0.05) is 192 Å². The molecule has 1 saturated heterocycles. The molecule has 0 bridgehead atoms. The van der Waals surface area contributed by atoms with Crippen LogP contribution in [0.3, 0.4) is 0 Å². The van der Waals surface area contributed by atoms with Crippen molar-refractivity contribution in [2.24, 2.45) is 0 Å². The number of aliphatic hydroxyl groups is 4. The average molecular weight is 895 g/mol. The molecule has 63 heavy (non-hydrogen) atoms. The Balaban J connectivity index is 2.23. The molecule has 10 heteroatoms. The van der Waals surface area contributed by atoms with Gasteiger partial charge >= 0.3 is 11.9 Å². The summed E-state index contributed by atoms with van der Waals surface area (Å²) in [4.78, 5) is 25.4. The van der Waals surface area contributed by atoms with Crippen molar-refractivity contribution in [3.8, 4) is 0 Å². The van der Waals surface area contributed by atoms with E-state index in [1.807, 2.05) is 0 Å². The summed E-state index contributed by atoms with van der Waals surface area (Å²) in [7, 11) is 0. The molecule has 6 atom stereocenters. The topological polar surface area (TPSA) is 152 Å². The second-order valence-electron chi connectivity index (χ2n) is 18.3. The van der Waals surface area contributed by atoms with Crippen LogP contribution in [-0.4, -0.2) is 89.0 Å². The van der Waals surface area contributed by atoms with E-state index in [-0.39, 0.29) is 32.0 Å². The molecule has 0 saturated carbocycles. The van der Waals surface area contributed by atoms with Gasteiger partial charge in [-0.05, 0) is 64.2 Å². The van der Waals surface area contributed by atoms with E-state index in [1.165, 1.54) is 154 Å². The van der Waals surface area contributed by atoms with Crippen molar-refractivity contribution in [2.45, 2.75) is 282 Å². The largest absolute Gasteiger partial charge is 0.462 e. The standard InChI is InChI=1S/C53H98O10/c1-3-5-7-9-11-13-15-17-19-20-21-22-23-24-25-26-28-30-32-34-36-38-40-42-49(56)62-46(45-61-53-52(59)51(58)50(57)47(43-54)63-53)44-60-48(55)41-39-37-35-33-31-29-27-18-16-14-12-10-8-6-4-2/h18,20-21,27,46-47,50-54,57-59H,3-17,19,22-26,28-45H2,1-2H3/b21-20-,27-18-. The Morgan fingerprint density at radius 1 is 0.476 bits per heavy atom. The van der Waals surface area contributed by atoms with Crippen molar-refractivity contribution in [1.82, 2.24) is 0 Å². The van der Waals surface area contributed by atoms with E-state index in [9.17, 15) is 30.0 Å². The minimum Gasteiger partial charge on any atom is -0.462 e. The first-order chi connectivity index (χ1) is 30.8. The van der Waals surface area contributed by atoms with Crippen LogP contribution < -0.4 is 0 Å². The zero-order chi connectivity index (χ0) is 45.9. The summed E-state index contributed by atoms with van der Waals surface area (Å²) in [6, 6.07) is 0. The van der Waals surface area contributed by atoms with Crippen LogP contribution in [0.25, 0.3) is 0 Å². The summed E-state index contributed by atoms with van der Waals surface area (Å²) in [5, 5.41) is 40.2. The van der Waals surface area contributed by atoms with Crippen LogP contribution in [0.5, 0.6) is 0 Å². The van der Waals surface area contributed by atoms with Crippen molar-refractivity contribution in [3.63, 3.8) is 0 Å². The molecule has 0 aromatic carbocycles. The third-order valence-corrected chi connectivity index (χ3v) is 12.3. The van der Waals surface area contributed by atoms with Gasteiger partial charge in [-0.3, -0.25) is 9.59 Å². The second-order valence-corrected chi connectivity index (χ2v) is 18.3. The number of esters is 2. The highest BCUT2D eigenvalue weighted by Crippen LogP contribution is 2.23. The lowest BCUT2D eigenvalue weighted by molar-refractivity contribution is -0.305. The van der Waals surface area contributed by atoms with Crippen LogP contribution in [0.4, 0.5) is 0 Å². The van der Waals surface area contributed by atoms with Gasteiger partial charge in [0.2, 0.25) is 0 Å². The lowest BCUT2D eigenvalue weighted by Crippen LogP contribution is -2.59. The molecule has 0 aromatic heterocycles. The van der Waals surface area contributed by atoms with Gasteiger partial charge in [-0.2, -0.15) is 0 Å². The minimum atomic E-state index is -1.59. The molecule has 0 aliphatic carbocycles. The fourth-order valence-electron chi connectivity index (χ4n) is 8.12. The van der Waals surface area contributed by atoms with E-state index in [4.69, 9.17) is 18.9 Å². The Kier molecular flexibility index (Phi) is 41.4. The van der Waals surface area contributed by atoms with Crippen molar-refractivity contribution >= 4 is 11.9 Å². The van der Waals surface area contributed by atoms with Gasteiger partial charge in [-0.15, -0.1) is 0 Å². The molecule has 0 spiro atoms. The number of carbonyl (C=O) groups excluding carboxylic acids is 2. The van der Waals surface area contributed by atoms with Gasteiger partial charge in [0.05, 0.1) is 13.2 Å². The smallest absolute Gasteiger partial charge is 0.306 e. The summed E-state index contributed by atoms with van der Waals surface area (Å²) in [5.41, 5.74) is 0. The first kappa shape index (κ1) is 59.2. The molecule has 1 aliphatic rings. The predicted molar refractivity (Wildman–Crippen MR) is 256 cm³/mol. The SMILES string of the molecule is CCCCCCCC/C=C\CCCCCCCC(=O)OCC(COC1OC(CO)C(O)C(O)C1O)OC(=O)CCCCCCCCCCCCC/C=C\CCCCCCCCCC. The maximum atomic E-state index is 12.8. The summed E-state index contributed by atoms with van der Waals surface area (Å²) < 4.78 is 22.2. The Morgan fingerprint density at radius 3 is 1.24 bits per heavy atom. The first-order valence-electron chi connectivity index (χ1n) is 26.4. The molecule has 0 aromatic rings. The normalized spacial score (nSPS) is 19.6. The quantitative estimate of drug-likeness (QED) is 0.0264. The molecular weight excluding hydrogens is 797 g/mol. The number of unbranched alkanes of at least 4 members (excludes halogenated alkanes) is 30. The van der Waals surface area contributed by atoms with Gasteiger partial charge in [-0.25, -0.2) is 0 Å². The van der Waals surface area contributed by atoms with Crippen molar-refractivity contribution in [3.05, 3.63) is 24.3 Å². The molecular formula is C53H98O10. The third kappa shape index (κ3) is 35.1. The van der Waals surface area contributed by atoms with E-state index in [0.717, 1.165) is 57.8 Å². The van der Waals surface area contributed by atoms with Crippen molar-refractivity contribution in [1.29, 1.82) is 0 Å². The van der Waals surface area contributed by atoms with Crippen LogP contribution in [0.15, 0.2) is 24.3 Å². The maximum absolute atomic E-state index is 12.8. The Morgan fingerprint density at radius 2 is 0.841 bits per heavy atom. The van der Waals surface area contributed by atoms with Crippen LogP contribution >= 0.6 is 0 Å². The number of ether oxygens (including phenoxy) is 4. The molecule has 6 unspecified atom stereocenters. The summed E-state index contributed by atoms with van der Waals surface area (Å²) >= 11 is 0. The lowest BCUT2D eigenvalue weighted by atomic mass is 9.99. The summed E-state index contributed by atoms with van der Waals surface area (Å²) in [6.07, 6.45) is 43.3. The van der Waals surface area contributed by atoms with E-state index in [1.54, 1.807) is 0 Å². The highest BCUT2D eigenvalue weighted by Gasteiger charge is 2.44. The Hall–Kier alpha value is -1.82. The molecule has 1 aliphatic heterocycles. The highest BCUT2D eigenvalue weighted by atomic mass is 16.7. The zero-order valence-corrected chi connectivity index (χ0v) is 40.6. The number of allylic oxidation sites excluding steroid dienone is 4. The summed E-state index contributed by atoms with van der Waals surface area (Å²) in [6.45, 7) is 3.44. The zero-order valence-electron chi connectivity index (χ0n) is 40.6. The minimum absolute atomic E-state index is 0.219. The Bertz CT molecular complexity index is 1080. The van der Waals surface area contributed by atoms with Crippen molar-refractivity contribution in [2.75, 3.05) is 19.8 Å². The number of carbonyl (C=O) groups is 2. The molecule has 4 N–H and O–H groups in total. The van der Waals surface area contributed by atoms with Crippen LogP contribution in [0, 0.1) is 0 Å². The Labute approximate surface area is 385 Å². The van der Waals surface area contributed by atoms with Gasteiger partial charge in [0, 0.05) is 12.8 Å². The number of rotatable bonds is 45. The van der Waals surface area contributed by atoms with Gasteiger partial charge < -0.3 is 39.4 Å². The third-order valence-electron chi connectivity index (χ3n) is 12.3. The van der Waals surface area contributed by atoms with Gasteiger partial charge in [0.15, 0.2) is 12.4 Å². The van der Waals surface area contributed by atoms with E-state index in [2.05, 4.69) is 38.2 Å². The second kappa shape index (κ2) is 44.0. The fraction of sp³-hybridized carbons (Fsp3) is 0.887.